The zero-order valence-electron chi connectivity index (χ0n) is 8.18. The number of aliphatic carboxylic acids is 1. The van der Waals surface area contributed by atoms with Crippen molar-refractivity contribution >= 4 is 5.97 Å². The number of carboxylic acids is 1. The molecule has 0 spiro atoms. The van der Waals surface area contributed by atoms with E-state index in [1.165, 1.54) is 0 Å². The van der Waals surface area contributed by atoms with Crippen LogP contribution in [0.15, 0.2) is 0 Å². The van der Waals surface area contributed by atoms with Gasteiger partial charge in [0, 0.05) is 0 Å². The highest BCUT2D eigenvalue weighted by atomic mass is 16.4. The van der Waals surface area contributed by atoms with Crippen LogP contribution >= 0.6 is 0 Å². The summed E-state index contributed by atoms with van der Waals surface area (Å²) in [6, 6.07) is 0. The minimum Gasteiger partial charge on any atom is -0.480 e. The predicted octanol–water partition coefficient (Wildman–Crippen LogP) is 1.63. The zero-order chi connectivity index (χ0) is 9.61. The first kappa shape index (κ1) is 11.4. The Balaban J connectivity index is 4.25. The van der Waals surface area contributed by atoms with Gasteiger partial charge in [0.2, 0.25) is 0 Å². The molecule has 0 atom stereocenters. The average molecular weight is 173 g/mol. The van der Waals surface area contributed by atoms with Crippen LogP contribution in [0.1, 0.15) is 40.0 Å². The van der Waals surface area contributed by atoms with E-state index in [2.05, 4.69) is 5.32 Å². The Morgan fingerprint density at radius 3 is 2.08 bits per heavy atom. The van der Waals surface area contributed by atoms with Crippen LogP contribution < -0.4 is 5.32 Å². The van der Waals surface area contributed by atoms with Crippen molar-refractivity contribution in [1.29, 1.82) is 0 Å². The molecule has 12 heavy (non-hydrogen) atoms. The van der Waals surface area contributed by atoms with Crippen molar-refractivity contribution in [3.8, 4) is 0 Å². The molecule has 0 fully saturated rings. The summed E-state index contributed by atoms with van der Waals surface area (Å²) in [6.45, 7) is 6.61. The molecule has 3 nitrogen and oxygen atoms in total. The van der Waals surface area contributed by atoms with E-state index in [1.807, 2.05) is 20.8 Å². The summed E-state index contributed by atoms with van der Waals surface area (Å²) >= 11 is 0. The van der Waals surface area contributed by atoms with Gasteiger partial charge in [-0.25, -0.2) is 0 Å². The van der Waals surface area contributed by atoms with Gasteiger partial charge < -0.3 is 10.4 Å². The van der Waals surface area contributed by atoms with Crippen molar-refractivity contribution in [3.63, 3.8) is 0 Å². The molecule has 0 amide bonds. The minimum absolute atomic E-state index is 0.638. The highest BCUT2D eigenvalue weighted by Gasteiger charge is 2.33. The van der Waals surface area contributed by atoms with Crippen molar-refractivity contribution in [1.82, 2.24) is 5.32 Å². The maximum Gasteiger partial charge on any atom is 0.323 e. The summed E-state index contributed by atoms with van der Waals surface area (Å²) in [5, 5.41) is 12.1. The second-order valence-electron chi connectivity index (χ2n) is 3.02. The van der Waals surface area contributed by atoms with Crippen molar-refractivity contribution < 1.29 is 9.90 Å². The van der Waals surface area contributed by atoms with E-state index in [0.29, 0.717) is 12.8 Å². The number of carbonyl (C=O) groups is 1. The van der Waals surface area contributed by atoms with E-state index in [9.17, 15) is 4.79 Å². The van der Waals surface area contributed by atoms with Crippen molar-refractivity contribution in [2.24, 2.45) is 0 Å². The fraction of sp³-hybridized carbons (Fsp3) is 0.889. The summed E-state index contributed by atoms with van der Waals surface area (Å²) in [5.41, 5.74) is -0.698. The topological polar surface area (TPSA) is 49.3 Å². The van der Waals surface area contributed by atoms with Crippen LogP contribution in [-0.4, -0.2) is 23.2 Å². The van der Waals surface area contributed by atoms with Gasteiger partial charge in [-0.3, -0.25) is 4.79 Å². The second-order valence-corrected chi connectivity index (χ2v) is 3.02. The molecule has 0 heterocycles. The van der Waals surface area contributed by atoms with Gasteiger partial charge in [0.1, 0.15) is 5.54 Å². The van der Waals surface area contributed by atoms with Gasteiger partial charge in [0.25, 0.3) is 0 Å². The molecule has 0 aliphatic heterocycles. The molecule has 0 saturated carbocycles. The van der Waals surface area contributed by atoms with Crippen LogP contribution in [0.5, 0.6) is 0 Å². The standard InChI is InChI=1S/C9H19NO2/c1-4-7-10-9(5-2,6-3)8(11)12/h10H,4-7H2,1-3H3,(H,11,12). The summed E-state index contributed by atoms with van der Waals surface area (Å²) in [4.78, 5) is 10.9. The Labute approximate surface area is 74.2 Å². The van der Waals surface area contributed by atoms with Gasteiger partial charge in [-0.1, -0.05) is 20.8 Å². The van der Waals surface area contributed by atoms with Crippen molar-refractivity contribution in [2.45, 2.75) is 45.6 Å². The number of hydrogen-bond acceptors (Lipinski definition) is 2. The van der Waals surface area contributed by atoms with Gasteiger partial charge in [-0.05, 0) is 25.8 Å². The molecular formula is C9H19NO2. The first-order valence-electron chi connectivity index (χ1n) is 4.61. The molecule has 3 heteroatoms. The molecule has 0 aliphatic carbocycles. The van der Waals surface area contributed by atoms with Gasteiger partial charge >= 0.3 is 5.97 Å². The molecule has 0 aromatic rings. The molecule has 0 rings (SSSR count). The van der Waals surface area contributed by atoms with Crippen LogP contribution in [0, 0.1) is 0 Å². The SMILES string of the molecule is CCCNC(CC)(CC)C(=O)O. The Morgan fingerprint density at radius 2 is 1.83 bits per heavy atom. The van der Waals surface area contributed by atoms with Crippen LogP contribution in [-0.2, 0) is 4.79 Å². The summed E-state index contributed by atoms with van der Waals surface area (Å²) < 4.78 is 0. The Bertz CT molecular complexity index is 141. The molecule has 0 radical (unpaired) electrons. The largest absolute Gasteiger partial charge is 0.480 e. The summed E-state index contributed by atoms with van der Waals surface area (Å²) in [5.74, 6) is -0.735. The third kappa shape index (κ3) is 2.48. The van der Waals surface area contributed by atoms with E-state index < -0.39 is 11.5 Å². The molecule has 0 bridgehead atoms. The molecule has 0 aliphatic rings. The zero-order valence-corrected chi connectivity index (χ0v) is 8.18. The van der Waals surface area contributed by atoms with Crippen LogP contribution in [0.25, 0.3) is 0 Å². The summed E-state index contributed by atoms with van der Waals surface area (Å²) in [6.07, 6.45) is 2.24. The van der Waals surface area contributed by atoms with Crippen molar-refractivity contribution in [3.05, 3.63) is 0 Å². The molecule has 2 N–H and O–H groups in total. The first-order valence-corrected chi connectivity index (χ1v) is 4.61. The summed E-state index contributed by atoms with van der Waals surface area (Å²) in [7, 11) is 0. The quantitative estimate of drug-likeness (QED) is 0.642. The van der Waals surface area contributed by atoms with Crippen molar-refractivity contribution in [2.75, 3.05) is 6.54 Å². The van der Waals surface area contributed by atoms with Crippen LogP contribution in [0.4, 0.5) is 0 Å². The number of carboxylic acid groups (broad SMARTS) is 1. The van der Waals surface area contributed by atoms with Gasteiger partial charge in [0.15, 0.2) is 0 Å². The van der Waals surface area contributed by atoms with E-state index in [0.717, 1.165) is 13.0 Å². The predicted molar refractivity (Wildman–Crippen MR) is 49.2 cm³/mol. The highest BCUT2D eigenvalue weighted by molar-refractivity contribution is 5.78. The molecule has 72 valence electrons. The van der Waals surface area contributed by atoms with E-state index in [1.54, 1.807) is 0 Å². The van der Waals surface area contributed by atoms with Gasteiger partial charge in [0.05, 0.1) is 0 Å². The fourth-order valence-corrected chi connectivity index (χ4v) is 1.24. The van der Waals surface area contributed by atoms with E-state index >= 15 is 0 Å². The fourth-order valence-electron chi connectivity index (χ4n) is 1.24. The Hall–Kier alpha value is -0.570. The molecule has 0 saturated heterocycles. The van der Waals surface area contributed by atoms with E-state index in [-0.39, 0.29) is 0 Å². The highest BCUT2D eigenvalue weighted by Crippen LogP contribution is 2.14. The number of nitrogens with one attached hydrogen (secondary N) is 1. The maximum atomic E-state index is 10.9. The average Bonchev–Trinajstić information content (AvgIpc) is 2.07. The second kappa shape index (κ2) is 5.14. The maximum absolute atomic E-state index is 10.9. The third-order valence-electron chi connectivity index (χ3n) is 2.33. The Morgan fingerprint density at radius 1 is 1.33 bits per heavy atom. The monoisotopic (exact) mass is 173 g/mol. The van der Waals surface area contributed by atoms with Gasteiger partial charge in [-0.15, -0.1) is 0 Å². The third-order valence-corrected chi connectivity index (χ3v) is 2.33. The minimum atomic E-state index is -0.735. The lowest BCUT2D eigenvalue weighted by Crippen LogP contribution is -2.51. The lowest BCUT2D eigenvalue weighted by molar-refractivity contribution is -0.145. The lowest BCUT2D eigenvalue weighted by Gasteiger charge is -2.27. The van der Waals surface area contributed by atoms with E-state index in [4.69, 9.17) is 5.11 Å². The van der Waals surface area contributed by atoms with Gasteiger partial charge in [-0.2, -0.15) is 0 Å². The molecule has 0 aromatic heterocycles. The smallest absolute Gasteiger partial charge is 0.323 e. The lowest BCUT2D eigenvalue weighted by atomic mass is 9.93. The van der Waals surface area contributed by atoms with Crippen LogP contribution in [0.2, 0.25) is 0 Å². The molecule has 0 unspecified atom stereocenters. The molecule has 0 aromatic carbocycles. The molecular weight excluding hydrogens is 154 g/mol. The number of rotatable bonds is 6. The Kier molecular flexibility index (Phi) is 4.90. The van der Waals surface area contributed by atoms with Crippen LogP contribution in [0.3, 0.4) is 0 Å². The normalized spacial score (nSPS) is 11.6. The first-order chi connectivity index (χ1) is 5.63. The number of hydrogen-bond donors (Lipinski definition) is 2.